The number of benzene rings is 1. The number of carbonyl (C=O) groups is 2. The quantitative estimate of drug-likeness (QED) is 0.578. The highest BCUT2D eigenvalue weighted by Gasteiger charge is 2.19. The molecule has 2 heterocycles. The minimum absolute atomic E-state index is 0.158. The van der Waals surface area contributed by atoms with Crippen LogP contribution in [0.3, 0.4) is 0 Å². The Hall–Kier alpha value is -3.62. The van der Waals surface area contributed by atoms with Gasteiger partial charge in [-0.05, 0) is 24.3 Å². The van der Waals surface area contributed by atoms with Crippen molar-refractivity contribution in [3.8, 4) is 0 Å². The second-order valence-electron chi connectivity index (χ2n) is 4.87. The molecule has 0 saturated carbocycles. The van der Waals surface area contributed by atoms with Crippen LogP contribution in [0.1, 0.15) is 20.8 Å². The number of hydrogen-bond acceptors (Lipinski definition) is 6. The number of aromatic nitrogens is 2. The first kappa shape index (κ1) is 16.2. The minimum Gasteiger partial charge on any atom is -0.476 e. The van der Waals surface area contributed by atoms with Crippen molar-refractivity contribution in [2.75, 3.05) is 7.11 Å². The summed E-state index contributed by atoms with van der Waals surface area (Å²) in [6.45, 7) is 0. The number of fused-ring (bicyclic) bond motifs is 1. The molecule has 2 aromatic heterocycles. The van der Waals surface area contributed by atoms with E-state index in [4.69, 9.17) is 0 Å². The highest BCUT2D eigenvalue weighted by atomic mass is 19.1. The van der Waals surface area contributed by atoms with Crippen LogP contribution in [-0.4, -0.2) is 33.5 Å². The summed E-state index contributed by atoms with van der Waals surface area (Å²) < 4.78 is 19.3. The number of hydrogen-bond donors (Lipinski definition) is 1. The van der Waals surface area contributed by atoms with Gasteiger partial charge in [0.25, 0.3) is 0 Å². The first-order chi connectivity index (χ1) is 12.0. The SMILES string of the molecule is COC(=O)c1ccccc1N=Nc1c(C(=O)O)nc2ccc(F)cn12. The molecule has 0 unspecified atom stereocenters. The van der Waals surface area contributed by atoms with E-state index in [0.717, 1.165) is 12.3 Å². The van der Waals surface area contributed by atoms with E-state index in [2.05, 4.69) is 19.9 Å². The fraction of sp³-hybridized carbons (Fsp3) is 0.0625. The molecule has 0 aliphatic heterocycles. The molecule has 0 amide bonds. The van der Waals surface area contributed by atoms with Crippen LogP contribution in [0.4, 0.5) is 15.9 Å². The molecule has 0 aliphatic rings. The van der Waals surface area contributed by atoms with Gasteiger partial charge in [0.2, 0.25) is 0 Å². The Morgan fingerprint density at radius 3 is 2.68 bits per heavy atom. The summed E-state index contributed by atoms with van der Waals surface area (Å²) >= 11 is 0. The Labute approximate surface area is 140 Å². The van der Waals surface area contributed by atoms with Crippen LogP contribution in [0.15, 0.2) is 52.8 Å². The molecule has 25 heavy (non-hydrogen) atoms. The number of ether oxygens (including phenoxy) is 1. The Bertz CT molecular complexity index is 1010. The highest BCUT2D eigenvalue weighted by molar-refractivity contribution is 5.95. The van der Waals surface area contributed by atoms with Crippen molar-refractivity contribution in [3.63, 3.8) is 0 Å². The van der Waals surface area contributed by atoms with Crippen LogP contribution in [-0.2, 0) is 4.74 Å². The average molecular weight is 342 g/mol. The summed E-state index contributed by atoms with van der Waals surface area (Å²) in [7, 11) is 1.23. The van der Waals surface area contributed by atoms with Gasteiger partial charge in [-0.1, -0.05) is 12.1 Å². The molecule has 0 fully saturated rings. The number of methoxy groups -OCH3 is 1. The summed E-state index contributed by atoms with van der Waals surface area (Å²) in [5.74, 6) is -2.70. The fourth-order valence-electron chi connectivity index (χ4n) is 2.19. The van der Waals surface area contributed by atoms with Gasteiger partial charge in [-0.2, -0.15) is 0 Å². The van der Waals surface area contributed by atoms with Crippen LogP contribution in [0.25, 0.3) is 5.65 Å². The van der Waals surface area contributed by atoms with Gasteiger partial charge in [-0.15, -0.1) is 10.2 Å². The van der Waals surface area contributed by atoms with E-state index in [0.29, 0.717) is 0 Å². The molecule has 0 bridgehead atoms. The van der Waals surface area contributed by atoms with Crippen LogP contribution in [0, 0.1) is 5.82 Å². The van der Waals surface area contributed by atoms with Gasteiger partial charge in [0, 0.05) is 6.20 Å². The molecule has 3 aromatic rings. The summed E-state index contributed by atoms with van der Waals surface area (Å²) in [5.41, 5.74) is 0.154. The smallest absolute Gasteiger partial charge is 0.358 e. The van der Waals surface area contributed by atoms with Crippen molar-refractivity contribution in [3.05, 3.63) is 59.7 Å². The number of imidazole rings is 1. The Balaban J connectivity index is 2.14. The zero-order valence-corrected chi connectivity index (χ0v) is 12.9. The molecule has 1 aromatic carbocycles. The summed E-state index contributed by atoms with van der Waals surface area (Å²) in [6.07, 6.45) is 1.05. The molecule has 0 radical (unpaired) electrons. The number of azo groups is 1. The molecular formula is C16H11FN4O4. The van der Waals surface area contributed by atoms with Crippen molar-refractivity contribution >= 4 is 29.1 Å². The third-order valence-electron chi connectivity index (χ3n) is 3.32. The lowest BCUT2D eigenvalue weighted by Gasteiger charge is -2.02. The molecule has 8 nitrogen and oxygen atoms in total. The van der Waals surface area contributed by atoms with Crippen molar-refractivity contribution < 1.29 is 23.8 Å². The highest BCUT2D eigenvalue weighted by Crippen LogP contribution is 2.26. The summed E-state index contributed by atoms with van der Waals surface area (Å²) in [4.78, 5) is 27.0. The molecular weight excluding hydrogens is 331 g/mol. The second-order valence-corrected chi connectivity index (χ2v) is 4.87. The number of nitrogens with zero attached hydrogens (tertiary/aromatic N) is 4. The minimum atomic E-state index is -1.33. The van der Waals surface area contributed by atoms with Crippen LogP contribution < -0.4 is 0 Å². The largest absolute Gasteiger partial charge is 0.476 e. The number of esters is 1. The van der Waals surface area contributed by atoms with Crippen molar-refractivity contribution in [2.24, 2.45) is 10.2 Å². The van der Waals surface area contributed by atoms with E-state index >= 15 is 0 Å². The van der Waals surface area contributed by atoms with Gasteiger partial charge in [0.05, 0.1) is 12.7 Å². The van der Waals surface area contributed by atoms with E-state index < -0.39 is 17.8 Å². The van der Waals surface area contributed by atoms with Crippen LogP contribution in [0.2, 0.25) is 0 Å². The number of carboxylic acid groups (broad SMARTS) is 1. The van der Waals surface area contributed by atoms with Gasteiger partial charge in [0.1, 0.15) is 17.2 Å². The first-order valence-corrected chi connectivity index (χ1v) is 7.01. The van der Waals surface area contributed by atoms with E-state index in [1.54, 1.807) is 12.1 Å². The monoisotopic (exact) mass is 342 g/mol. The summed E-state index contributed by atoms with van der Waals surface area (Å²) in [5, 5.41) is 17.1. The number of carbonyl (C=O) groups excluding carboxylic acids is 1. The topological polar surface area (TPSA) is 106 Å². The van der Waals surface area contributed by atoms with Crippen molar-refractivity contribution in [1.29, 1.82) is 0 Å². The molecule has 0 spiro atoms. The number of rotatable bonds is 4. The number of carboxylic acids is 1. The lowest BCUT2D eigenvalue weighted by atomic mass is 10.2. The molecule has 126 valence electrons. The number of halogens is 1. The zero-order valence-electron chi connectivity index (χ0n) is 12.9. The third kappa shape index (κ3) is 3.07. The standard InChI is InChI=1S/C16H11FN4O4/c1-25-16(24)10-4-2-3-5-11(10)19-20-14-13(15(22)23)18-12-7-6-9(17)8-21(12)14/h2-8H,1H3,(H,22,23). The first-order valence-electron chi connectivity index (χ1n) is 7.01. The predicted octanol–water partition coefficient (Wildman–Crippen LogP) is 3.37. The van der Waals surface area contributed by atoms with E-state index in [-0.39, 0.29) is 28.4 Å². The van der Waals surface area contributed by atoms with E-state index in [1.165, 1.54) is 29.7 Å². The Morgan fingerprint density at radius 1 is 1.20 bits per heavy atom. The van der Waals surface area contributed by atoms with Gasteiger partial charge < -0.3 is 9.84 Å². The molecule has 0 saturated heterocycles. The number of aromatic carboxylic acids is 1. The molecule has 9 heteroatoms. The van der Waals surface area contributed by atoms with Gasteiger partial charge in [0.15, 0.2) is 11.5 Å². The zero-order chi connectivity index (χ0) is 18.0. The maximum absolute atomic E-state index is 13.5. The van der Waals surface area contributed by atoms with E-state index in [9.17, 15) is 19.1 Å². The van der Waals surface area contributed by atoms with Crippen molar-refractivity contribution in [2.45, 2.75) is 0 Å². The van der Waals surface area contributed by atoms with Crippen molar-refractivity contribution in [1.82, 2.24) is 9.38 Å². The molecule has 0 atom stereocenters. The maximum Gasteiger partial charge on any atom is 0.358 e. The van der Waals surface area contributed by atoms with Gasteiger partial charge in [-0.25, -0.2) is 19.0 Å². The Kier molecular flexibility index (Phi) is 4.21. The number of pyridine rings is 1. The van der Waals surface area contributed by atoms with Gasteiger partial charge in [-0.3, -0.25) is 4.40 Å². The lowest BCUT2D eigenvalue weighted by Crippen LogP contribution is -2.00. The lowest BCUT2D eigenvalue weighted by molar-refractivity contribution is 0.0600. The Morgan fingerprint density at radius 2 is 1.96 bits per heavy atom. The fourth-order valence-corrected chi connectivity index (χ4v) is 2.19. The second kappa shape index (κ2) is 6.48. The molecule has 0 aliphatic carbocycles. The predicted molar refractivity (Wildman–Crippen MR) is 84.1 cm³/mol. The normalized spacial score (nSPS) is 11.1. The van der Waals surface area contributed by atoms with Crippen LogP contribution >= 0.6 is 0 Å². The van der Waals surface area contributed by atoms with E-state index in [1.807, 2.05) is 0 Å². The average Bonchev–Trinajstić information content (AvgIpc) is 2.97. The summed E-state index contributed by atoms with van der Waals surface area (Å²) in [6, 6.07) is 8.74. The molecule has 3 rings (SSSR count). The molecule has 1 N–H and O–H groups in total. The third-order valence-corrected chi connectivity index (χ3v) is 3.32. The maximum atomic E-state index is 13.5. The van der Waals surface area contributed by atoms with Gasteiger partial charge >= 0.3 is 11.9 Å². The van der Waals surface area contributed by atoms with Crippen LogP contribution in [0.5, 0.6) is 0 Å².